The molecule has 0 bridgehead atoms. The maximum absolute atomic E-state index is 12.4. The van der Waals surface area contributed by atoms with Gasteiger partial charge in [-0.2, -0.15) is 0 Å². The van der Waals surface area contributed by atoms with Crippen LogP contribution in [0.3, 0.4) is 0 Å². The Balaban J connectivity index is 1.24. The second kappa shape index (κ2) is 9.35. The molecule has 29 heavy (non-hydrogen) atoms. The van der Waals surface area contributed by atoms with Crippen molar-refractivity contribution in [3.05, 3.63) is 59.1 Å². The summed E-state index contributed by atoms with van der Waals surface area (Å²) in [6, 6.07) is 16.4. The lowest BCUT2D eigenvalue weighted by Gasteiger charge is -2.29. The first-order chi connectivity index (χ1) is 14.2. The fraction of sp³-hybridized carbons (Fsp3) is 0.364. The number of likely N-dealkylation sites (N-methyl/N-ethyl adjacent to an activating group) is 1. The van der Waals surface area contributed by atoms with Crippen molar-refractivity contribution in [3.63, 3.8) is 0 Å². The van der Waals surface area contributed by atoms with E-state index in [1.165, 1.54) is 5.69 Å². The van der Waals surface area contributed by atoms with Gasteiger partial charge < -0.3 is 19.3 Å². The van der Waals surface area contributed by atoms with Crippen LogP contribution in [0.2, 0.25) is 0 Å². The number of aromatic nitrogens is 1. The van der Waals surface area contributed by atoms with Gasteiger partial charge in [-0.05, 0) is 29.8 Å². The SMILES string of the molecule is CN(Cc1ccc(N2CCOCC2)cc1)C(=O)COCc1nc2ccccc2s1. The van der Waals surface area contributed by atoms with Crippen molar-refractivity contribution in [2.45, 2.75) is 13.2 Å². The van der Waals surface area contributed by atoms with Gasteiger partial charge in [0.15, 0.2) is 0 Å². The maximum Gasteiger partial charge on any atom is 0.248 e. The summed E-state index contributed by atoms with van der Waals surface area (Å²) in [6.07, 6.45) is 0. The van der Waals surface area contributed by atoms with Crippen LogP contribution in [0.4, 0.5) is 5.69 Å². The average Bonchev–Trinajstić information content (AvgIpc) is 3.17. The van der Waals surface area contributed by atoms with Crippen LogP contribution in [0, 0.1) is 0 Å². The van der Waals surface area contributed by atoms with Crippen LogP contribution in [0.25, 0.3) is 10.2 Å². The van der Waals surface area contributed by atoms with E-state index in [2.05, 4.69) is 34.1 Å². The third-order valence-electron chi connectivity index (χ3n) is 4.95. The molecule has 7 heteroatoms. The Morgan fingerprint density at radius 2 is 1.93 bits per heavy atom. The lowest BCUT2D eigenvalue weighted by atomic mass is 10.1. The van der Waals surface area contributed by atoms with E-state index in [1.54, 1.807) is 23.3 Å². The molecule has 152 valence electrons. The smallest absolute Gasteiger partial charge is 0.248 e. The van der Waals surface area contributed by atoms with Gasteiger partial charge in [-0.3, -0.25) is 4.79 Å². The number of carbonyl (C=O) groups excluding carboxylic acids is 1. The first-order valence-electron chi connectivity index (χ1n) is 9.77. The largest absolute Gasteiger partial charge is 0.378 e. The van der Waals surface area contributed by atoms with Crippen molar-refractivity contribution in [1.29, 1.82) is 0 Å². The molecule has 3 aromatic rings. The summed E-state index contributed by atoms with van der Waals surface area (Å²) in [7, 11) is 1.80. The number of rotatable bonds is 7. The summed E-state index contributed by atoms with van der Waals surface area (Å²) < 4.78 is 12.1. The van der Waals surface area contributed by atoms with E-state index in [0.717, 1.165) is 47.1 Å². The van der Waals surface area contributed by atoms with E-state index in [1.807, 2.05) is 24.3 Å². The van der Waals surface area contributed by atoms with Gasteiger partial charge in [0, 0.05) is 32.4 Å². The fourth-order valence-electron chi connectivity index (χ4n) is 3.31. The molecular formula is C22H25N3O3S. The third-order valence-corrected chi connectivity index (χ3v) is 5.96. The molecule has 1 aliphatic heterocycles. The maximum atomic E-state index is 12.4. The molecule has 1 saturated heterocycles. The van der Waals surface area contributed by atoms with Gasteiger partial charge in [0.25, 0.3) is 0 Å². The minimum Gasteiger partial charge on any atom is -0.378 e. The highest BCUT2D eigenvalue weighted by Gasteiger charge is 2.13. The summed E-state index contributed by atoms with van der Waals surface area (Å²) >= 11 is 1.60. The number of carbonyl (C=O) groups is 1. The normalized spacial score (nSPS) is 14.3. The van der Waals surface area contributed by atoms with E-state index < -0.39 is 0 Å². The summed E-state index contributed by atoms with van der Waals surface area (Å²) in [5, 5.41) is 0.889. The predicted molar refractivity (Wildman–Crippen MR) is 115 cm³/mol. The van der Waals surface area contributed by atoms with Crippen molar-refractivity contribution in [3.8, 4) is 0 Å². The summed E-state index contributed by atoms with van der Waals surface area (Å²) in [4.78, 5) is 20.9. The molecule has 0 unspecified atom stereocenters. The van der Waals surface area contributed by atoms with E-state index in [4.69, 9.17) is 9.47 Å². The summed E-state index contributed by atoms with van der Waals surface area (Å²) in [5.41, 5.74) is 3.27. The predicted octanol–water partition coefficient (Wildman–Crippen LogP) is 3.31. The number of morpholine rings is 1. The minimum absolute atomic E-state index is 0.0385. The van der Waals surface area contributed by atoms with Gasteiger partial charge in [-0.25, -0.2) is 4.98 Å². The standard InChI is InChI=1S/C22H25N3O3S/c1-24(14-17-6-8-18(9-7-17)25-10-12-27-13-11-25)22(26)16-28-15-21-23-19-4-2-3-5-20(19)29-21/h2-9H,10-16H2,1H3. The number of hydrogen-bond donors (Lipinski definition) is 0. The lowest BCUT2D eigenvalue weighted by Crippen LogP contribution is -2.36. The third kappa shape index (κ3) is 5.12. The number of amides is 1. The van der Waals surface area contributed by atoms with Crippen molar-refractivity contribution < 1.29 is 14.3 Å². The van der Waals surface area contributed by atoms with E-state index in [-0.39, 0.29) is 12.5 Å². The molecule has 0 radical (unpaired) electrons. The molecule has 6 nitrogen and oxygen atoms in total. The number of hydrogen-bond acceptors (Lipinski definition) is 6. The van der Waals surface area contributed by atoms with Gasteiger partial charge in [-0.1, -0.05) is 24.3 Å². The molecule has 0 spiro atoms. The second-order valence-corrected chi connectivity index (χ2v) is 8.20. The Kier molecular flexibility index (Phi) is 6.39. The van der Waals surface area contributed by atoms with E-state index in [9.17, 15) is 4.79 Å². The Hall–Kier alpha value is -2.48. The highest BCUT2D eigenvalue weighted by atomic mass is 32.1. The van der Waals surface area contributed by atoms with Crippen LogP contribution in [0.5, 0.6) is 0 Å². The Morgan fingerprint density at radius 3 is 2.69 bits per heavy atom. The zero-order valence-corrected chi connectivity index (χ0v) is 17.4. The quantitative estimate of drug-likeness (QED) is 0.597. The number of ether oxygens (including phenoxy) is 2. The Labute approximate surface area is 174 Å². The van der Waals surface area contributed by atoms with Crippen LogP contribution in [0.15, 0.2) is 48.5 Å². The van der Waals surface area contributed by atoms with Crippen LogP contribution >= 0.6 is 11.3 Å². The van der Waals surface area contributed by atoms with Crippen LogP contribution in [-0.2, 0) is 27.4 Å². The van der Waals surface area contributed by atoms with Crippen molar-refractivity contribution in [2.75, 3.05) is 44.9 Å². The Morgan fingerprint density at radius 1 is 1.17 bits per heavy atom. The molecule has 4 rings (SSSR count). The molecule has 0 N–H and O–H groups in total. The highest BCUT2D eigenvalue weighted by molar-refractivity contribution is 7.18. The van der Waals surface area contributed by atoms with Gasteiger partial charge in [0.2, 0.25) is 5.91 Å². The van der Waals surface area contributed by atoms with Crippen molar-refractivity contribution in [1.82, 2.24) is 9.88 Å². The number of benzene rings is 2. The number of para-hydroxylation sites is 1. The zero-order chi connectivity index (χ0) is 20.1. The molecule has 1 fully saturated rings. The molecule has 1 amide bonds. The highest BCUT2D eigenvalue weighted by Crippen LogP contribution is 2.22. The number of thiazole rings is 1. The van der Waals surface area contributed by atoms with Crippen LogP contribution in [-0.4, -0.2) is 55.7 Å². The number of anilines is 1. The molecular weight excluding hydrogens is 386 g/mol. The number of fused-ring (bicyclic) bond motifs is 1. The van der Waals surface area contributed by atoms with Gasteiger partial charge in [-0.15, -0.1) is 11.3 Å². The first kappa shape index (κ1) is 19.8. The molecule has 0 aliphatic carbocycles. The lowest BCUT2D eigenvalue weighted by molar-refractivity contribution is -0.135. The number of nitrogens with zero attached hydrogens (tertiary/aromatic N) is 3. The molecule has 2 heterocycles. The molecule has 2 aromatic carbocycles. The van der Waals surface area contributed by atoms with Gasteiger partial charge >= 0.3 is 0 Å². The minimum atomic E-state index is -0.0385. The van der Waals surface area contributed by atoms with E-state index in [0.29, 0.717) is 13.2 Å². The molecule has 0 saturated carbocycles. The summed E-state index contributed by atoms with van der Waals surface area (Å²) in [5.74, 6) is -0.0385. The zero-order valence-electron chi connectivity index (χ0n) is 16.5. The second-order valence-electron chi connectivity index (χ2n) is 7.08. The monoisotopic (exact) mass is 411 g/mol. The molecule has 0 atom stereocenters. The summed E-state index contributed by atoms with van der Waals surface area (Å²) in [6.45, 7) is 4.36. The topological polar surface area (TPSA) is 54.9 Å². The first-order valence-corrected chi connectivity index (χ1v) is 10.6. The van der Waals surface area contributed by atoms with Crippen molar-refractivity contribution in [2.24, 2.45) is 0 Å². The molecule has 1 aliphatic rings. The van der Waals surface area contributed by atoms with Gasteiger partial charge in [0.05, 0.1) is 30.0 Å². The van der Waals surface area contributed by atoms with Crippen LogP contribution < -0.4 is 4.90 Å². The fourth-order valence-corrected chi connectivity index (χ4v) is 4.22. The van der Waals surface area contributed by atoms with Crippen molar-refractivity contribution >= 4 is 33.1 Å². The molecule has 1 aromatic heterocycles. The van der Waals surface area contributed by atoms with Gasteiger partial charge in [0.1, 0.15) is 11.6 Å². The van der Waals surface area contributed by atoms with Crippen LogP contribution in [0.1, 0.15) is 10.6 Å². The van der Waals surface area contributed by atoms with E-state index >= 15 is 0 Å². The average molecular weight is 412 g/mol. The Bertz CT molecular complexity index is 918.